The van der Waals surface area contributed by atoms with Crippen LogP contribution in [0.5, 0.6) is 5.75 Å². The lowest BCUT2D eigenvalue weighted by Gasteiger charge is -2.20. The van der Waals surface area contributed by atoms with Crippen molar-refractivity contribution in [2.75, 3.05) is 0 Å². The summed E-state index contributed by atoms with van der Waals surface area (Å²) in [7, 11) is 0. The third-order valence-corrected chi connectivity index (χ3v) is 5.98. The largest absolute Gasteiger partial charge is 0.488 e. The second-order valence-corrected chi connectivity index (χ2v) is 8.63. The Bertz CT molecular complexity index is 1130. The Morgan fingerprint density at radius 2 is 2.10 bits per heavy atom. The molecule has 9 heteroatoms. The highest BCUT2D eigenvalue weighted by Gasteiger charge is 2.34. The molecule has 2 aromatic carbocycles. The maximum absolute atomic E-state index is 12.4. The number of amides is 1. The van der Waals surface area contributed by atoms with E-state index in [9.17, 15) is 4.79 Å². The Morgan fingerprint density at radius 3 is 2.86 bits per heavy atom. The van der Waals surface area contributed by atoms with Gasteiger partial charge in [-0.2, -0.15) is 15.1 Å². The number of thioether (sulfide) groups is 1. The molecule has 29 heavy (non-hydrogen) atoms. The lowest BCUT2D eigenvalue weighted by Crippen LogP contribution is -2.35. The molecule has 146 valence electrons. The van der Waals surface area contributed by atoms with E-state index in [1.165, 1.54) is 16.8 Å². The molecule has 2 aromatic rings. The molecular weight excluding hydrogens is 476 g/mol. The monoisotopic (exact) mass is 488 g/mol. The van der Waals surface area contributed by atoms with Crippen molar-refractivity contribution in [2.45, 2.75) is 13.5 Å². The van der Waals surface area contributed by atoms with Crippen LogP contribution in [0.3, 0.4) is 0 Å². The van der Waals surface area contributed by atoms with Crippen molar-refractivity contribution >= 4 is 67.3 Å². The average molecular weight is 490 g/mol. The van der Waals surface area contributed by atoms with Gasteiger partial charge in [-0.25, -0.2) is 0 Å². The van der Waals surface area contributed by atoms with Gasteiger partial charge >= 0.3 is 0 Å². The SMILES string of the molecule is CC1=NN2C(=N)/C(=C/c3ccc(OCc4ccccc4Cl)c(Br)c3)C(=O)N=C2S1. The zero-order valence-electron chi connectivity index (χ0n) is 15.1. The molecule has 0 saturated carbocycles. The smallest absolute Gasteiger partial charge is 0.283 e. The van der Waals surface area contributed by atoms with Crippen LogP contribution in [0.2, 0.25) is 5.02 Å². The fraction of sp³-hybridized carbons (Fsp3) is 0.100. The van der Waals surface area contributed by atoms with Gasteiger partial charge in [-0.3, -0.25) is 10.2 Å². The Hall–Kier alpha value is -2.42. The van der Waals surface area contributed by atoms with Crippen LogP contribution in [0.15, 0.2) is 62.6 Å². The van der Waals surface area contributed by atoms with Crippen LogP contribution >= 0.6 is 39.3 Å². The zero-order valence-corrected chi connectivity index (χ0v) is 18.3. The summed E-state index contributed by atoms with van der Waals surface area (Å²) in [5, 5.41) is 15.7. The van der Waals surface area contributed by atoms with Crippen LogP contribution in [0, 0.1) is 5.41 Å². The Kier molecular flexibility index (Phi) is 5.58. The Balaban J connectivity index is 1.54. The van der Waals surface area contributed by atoms with Gasteiger partial charge in [0.25, 0.3) is 5.91 Å². The van der Waals surface area contributed by atoms with Crippen LogP contribution in [0.4, 0.5) is 0 Å². The van der Waals surface area contributed by atoms with Crippen molar-refractivity contribution < 1.29 is 9.53 Å². The fourth-order valence-corrected chi connectivity index (χ4v) is 4.18. The van der Waals surface area contributed by atoms with E-state index in [0.29, 0.717) is 22.5 Å². The molecule has 0 unspecified atom stereocenters. The number of benzene rings is 2. The molecule has 6 nitrogen and oxygen atoms in total. The number of fused-ring (bicyclic) bond motifs is 1. The summed E-state index contributed by atoms with van der Waals surface area (Å²) in [6, 6.07) is 12.9. The number of rotatable bonds is 4. The standard InChI is InChI=1S/C20H14BrClN4O2S/c1-11-25-26-18(23)14(19(27)24-20(26)29-11)8-12-6-7-17(15(21)9-12)28-10-13-4-2-3-5-16(13)22/h2-9,23H,10H2,1H3/b14-8-,23-18?. The number of carbonyl (C=O) groups excluding carboxylic acids is 1. The molecule has 4 rings (SSSR count). The van der Waals surface area contributed by atoms with Crippen LogP contribution in [-0.2, 0) is 11.4 Å². The maximum atomic E-state index is 12.4. The highest BCUT2D eigenvalue weighted by atomic mass is 79.9. The predicted octanol–water partition coefficient (Wildman–Crippen LogP) is 5.32. The second-order valence-electron chi connectivity index (χ2n) is 6.21. The molecule has 0 bridgehead atoms. The number of nitrogens with one attached hydrogen (secondary N) is 1. The molecule has 1 N–H and O–H groups in total. The van der Waals surface area contributed by atoms with Gasteiger partial charge in [0.15, 0.2) is 5.84 Å². The number of aliphatic imine (C=N–C) groups is 1. The van der Waals surface area contributed by atoms with E-state index in [0.717, 1.165) is 20.6 Å². The first-order chi connectivity index (χ1) is 13.9. The van der Waals surface area contributed by atoms with E-state index in [1.54, 1.807) is 12.1 Å². The fourth-order valence-electron chi connectivity index (χ4n) is 2.75. The number of amidine groups is 2. The number of carbonyl (C=O) groups is 1. The van der Waals surface area contributed by atoms with Crippen LogP contribution in [0.25, 0.3) is 6.08 Å². The van der Waals surface area contributed by atoms with Crippen molar-refractivity contribution in [3.05, 3.63) is 68.7 Å². The summed E-state index contributed by atoms with van der Waals surface area (Å²) in [4.78, 5) is 16.4. The lowest BCUT2D eigenvalue weighted by atomic mass is 10.1. The minimum absolute atomic E-state index is 0.0134. The summed E-state index contributed by atoms with van der Waals surface area (Å²) in [5.41, 5.74) is 1.81. The average Bonchev–Trinajstić information content (AvgIpc) is 3.06. The first-order valence-electron chi connectivity index (χ1n) is 8.55. The number of hydrazone groups is 1. The van der Waals surface area contributed by atoms with Crippen LogP contribution < -0.4 is 4.74 Å². The molecule has 2 heterocycles. The van der Waals surface area contributed by atoms with Gasteiger partial charge in [0, 0.05) is 10.6 Å². The van der Waals surface area contributed by atoms with E-state index in [1.807, 2.05) is 43.3 Å². The first kappa shape index (κ1) is 19.9. The van der Waals surface area contributed by atoms with Gasteiger partial charge in [0.1, 0.15) is 12.4 Å². The maximum Gasteiger partial charge on any atom is 0.283 e. The normalized spacial score (nSPS) is 17.3. The van der Waals surface area contributed by atoms with Crippen molar-refractivity contribution in [1.82, 2.24) is 5.01 Å². The quantitative estimate of drug-likeness (QED) is 0.590. The summed E-state index contributed by atoms with van der Waals surface area (Å²) >= 11 is 10.9. The van der Waals surface area contributed by atoms with Crippen LogP contribution in [0.1, 0.15) is 18.1 Å². The summed E-state index contributed by atoms with van der Waals surface area (Å²) < 4.78 is 6.57. The summed E-state index contributed by atoms with van der Waals surface area (Å²) in [6.45, 7) is 2.15. The minimum Gasteiger partial charge on any atom is -0.488 e. The van der Waals surface area contributed by atoms with Gasteiger partial charge in [-0.15, -0.1) is 0 Å². The van der Waals surface area contributed by atoms with Gasteiger partial charge < -0.3 is 4.74 Å². The van der Waals surface area contributed by atoms with E-state index in [2.05, 4.69) is 26.0 Å². The van der Waals surface area contributed by atoms with Crippen molar-refractivity contribution in [1.29, 1.82) is 5.41 Å². The highest BCUT2D eigenvalue weighted by Crippen LogP contribution is 2.31. The van der Waals surface area contributed by atoms with Crippen molar-refractivity contribution in [3.63, 3.8) is 0 Å². The lowest BCUT2D eigenvalue weighted by molar-refractivity contribution is -0.114. The van der Waals surface area contributed by atoms with Crippen molar-refractivity contribution in [2.24, 2.45) is 10.1 Å². The molecule has 2 aliphatic rings. The van der Waals surface area contributed by atoms with E-state index in [-0.39, 0.29) is 11.4 Å². The molecule has 0 aromatic heterocycles. The molecule has 0 spiro atoms. The van der Waals surface area contributed by atoms with Gasteiger partial charge in [-0.05, 0) is 64.5 Å². The number of nitrogens with zero attached hydrogens (tertiary/aromatic N) is 3. The zero-order chi connectivity index (χ0) is 20.5. The number of hydrogen-bond acceptors (Lipinski definition) is 5. The Morgan fingerprint density at radius 1 is 1.31 bits per heavy atom. The van der Waals surface area contributed by atoms with E-state index in [4.69, 9.17) is 21.7 Å². The highest BCUT2D eigenvalue weighted by molar-refractivity contribution is 9.10. The van der Waals surface area contributed by atoms with Gasteiger partial charge in [0.2, 0.25) is 5.17 Å². The minimum atomic E-state index is -0.450. The topological polar surface area (TPSA) is 78.1 Å². The molecule has 0 aliphatic carbocycles. The molecule has 0 saturated heterocycles. The molecule has 2 aliphatic heterocycles. The van der Waals surface area contributed by atoms with E-state index < -0.39 is 5.91 Å². The summed E-state index contributed by atoms with van der Waals surface area (Å²) in [5.74, 6) is 0.210. The Labute approximate surface area is 184 Å². The first-order valence-corrected chi connectivity index (χ1v) is 10.5. The predicted molar refractivity (Wildman–Crippen MR) is 121 cm³/mol. The second kappa shape index (κ2) is 8.14. The van der Waals surface area contributed by atoms with Gasteiger partial charge in [0.05, 0.1) is 15.1 Å². The third kappa shape index (κ3) is 4.14. The molecule has 1 amide bonds. The van der Waals surface area contributed by atoms with E-state index >= 15 is 0 Å². The third-order valence-electron chi connectivity index (χ3n) is 4.16. The van der Waals surface area contributed by atoms with Gasteiger partial charge in [-0.1, -0.05) is 35.9 Å². The van der Waals surface area contributed by atoms with Crippen molar-refractivity contribution in [3.8, 4) is 5.75 Å². The number of halogens is 2. The molecule has 0 fully saturated rings. The molecule has 0 atom stereocenters. The van der Waals surface area contributed by atoms with Crippen LogP contribution in [-0.4, -0.2) is 27.0 Å². The number of ether oxygens (including phenoxy) is 1. The number of hydrogen-bond donors (Lipinski definition) is 1. The summed E-state index contributed by atoms with van der Waals surface area (Å²) in [6.07, 6.45) is 1.63. The molecular formula is C20H14BrClN4O2S. The molecule has 0 radical (unpaired) electrons.